The zero-order chi connectivity index (χ0) is 14.4. The maximum atomic E-state index is 13.5. The number of carbonyl (C=O) groups excluding carboxylic acids is 2. The molecule has 0 fully saturated rings. The molecule has 1 aromatic rings. The fraction of sp³-hybridized carbons (Fsp3) is 0.333. The minimum atomic E-state index is -0.443. The Morgan fingerprint density at radius 3 is 2.42 bits per heavy atom. The number of benzene rings is 1. The highest BCUT2D eigenvalue weighted by Gasteiger charge is 2.15. The fourth-order valence-electron chi connectivity index (χ4n) is 1.59. The predicted octanol–water partition coefficient (Wildman–Crippen LogP) is 2.32. The second kappa shape index (κ2) is 6.95. The number of ketones is 2. The standard InChI is InChI=1S/C15H18FNO2/c1-11(18)13(15(19)8-9-17(2)3)10-12-6-4-5-7-14(12)16/h4-7,10H,8-9H2,1-3H3/b13-10-. The van der Waals surface area contributed by atoms with Crippen LogP contribution in [0.2, 0.25) is 0 Å². The molecule has 4 heteroatoms. The van der Waals surface area contributed by atoms with Gasteiger partial charge in [0.1, 0.15) is 5.82 Å². The summed E-state index contributed by atoms with van der Waals surface area (Å²) in [5.41, 5.74) is 0.304. The maximum absolute atomic E-state index is 13.5. The van der Waals surface area contributed by atoms with Gasteiger partial charge in [-0.3, -0.25) is 9.59 Å². The van der Waals surface area contributed by atoms with Gasteiger partial charge in [-0.1, -0.05) is 18.2 Å². The number of hydrogen-bond donors (Lipinski definition) is 0. The van der Waals surface area contributed by atoms with E-state index in [-0.39, 0.29) is 29.1 Å². The van der Waals surface area contributed by atoms with Crippen molar-refractivity contribution in [1.29, 1.82) is 0 Å². The van der Waals surface area contributed by atoms with Crippen LogP contribution in [0.15, 0.2) is 29.8 Å². The van der Waals surface area contributed by atoms with Crippen molar-refractivity contribution >= 4 is 17.6 Å². The number of nitrogens with zero attached hydrogens (tertiary/aromatic N) is 1. The van der Waals surface area contributed by atoms with Gasteiger partial charge in [-0.15, -0.1) is 0 Å². The SMILES string of the molecule is CC(=O)/C(=C/c1ccccc1F)C(=O)CCN(C)C. The van der Waals surface area contributed by atoms with Gasteiger partial charge in [0.05, 0.1) is 5.57 Å². The number of Topliss-reactive ketones (excluding diaryl/α,β-unsaturated/α-hetero) is 2. The fourth-order valence-corrected chi connectivity index (χ4v) is 1.59. The molecule has 1 rings (SSSR count). The van der Waals surface area contributed by atoms with Crippen molar-refractivity contribution in [3.8, 4) is 0 Å². The lowest BCUT2D eigenvalue weighted by molar-refractivity contribution is -0.120. The van der Waals surface area contributed by atoms with Gasteiger partial charge in [0, 0.05) is 18.5 Å². The van der Waals surface area contributed by atoms with Crippen molar-refractivity contribution in [3.05, 3.63) is 41.2 Å². The number of carbonyl (C=O) groups is 2. The molecule has 0 saturated carbocycles. The van der Waals surface area contributed by atoms with Crippen molar-refractivity contribution in [1.82, 2.24) is 4.90 Å². The molecule has 0 radical (unpaired) electrons. The average molecular weight is 263 g/mol. The molecular formula is C15H18FNO2. The zero-order valence-electron chi connectivity index (χ0n) is 11.4. The van der Waals surface area contributed by atoms with Crippen LogP contribution in [0.1, 0.15) is 18.9 Å². The first-order chi connectivity index (χ1) is 8.91. The Balaban J connectivity index is 2.98. The molecule has 0 saturated heterocycles. The Labute approximate surface area is 112 Å². The van der Waals surface area contributed by atoms with Gasteiger partial charge in [0.25, 0.3) is 0 Å². The molecule has 1 aromatic carbocycles. The molecule has 19 heavy (non-hydrogen) atoms. The lowest BCUT2D eigenvalue weighted by Crippen LogP contribution is -2.19. The molecule has 0 spiro atoms. The van der Waals surface area contributed by atoms with Crippen molar-refractivity contribution < 1.29 is 14.0 Å². The van der Waals surface area contributed by atoms with Gasteiger partial charge in [0.15, 0.2) is 11.6 Å². The number of rotatable bonds is 6. The van der Waals surface area contributed by atoms with Crippen LogP contribution >= 0.6 is 0 Å². The summed E-state index contributed by atoms with van der Waals surface area (Å²) in [7, 11) is 3.70. The highest BCUT2D eigenvalue weighted by molar-refractivity contribution is 6.22. The summed E-state index contributed by atoms with van der Waals surface area (Å²) in [5.74, 6) is -1.04. The van der Waals surface area contributed by atoms with Crippen molar-refractivity contribution in [3.63, 3.8) is 0 Å². The molecule has 0 aliphatic heterocycles. The van der Waals surface area contributed by atoms with E-state index in [0.29, 0.717) is 6.54 Å². The van der Waals surface area contributed by atoms with Gasteiger partial charge in [-0.2, -0.15) is 0 Å². The van der Waals surface area contributed by atoms with Gasteiger partial charge in [-0.05, 0) is 33.2 Å². The van der Waals surface area contributed by atoms with E-state index in [9.17, 15) is 14.0 Å². The number of halogens is 1. The molecule has 3 nitrogen and oxygen atoms in total. The van der Waals surface area contributed by atoms with Crippen molar-refractivity contribution in [2.24, 2.45) is 0 Å². The lowest BCUT2D eigenvalue weighted by atomic mass is 10.0. The van der Waals surface area contributed by atoms with E-state index in [1.807, 2.05) is 19.0 Å². The average Bonchev–Trinajstić information content (AvgIpc) is 2.34. The largest absolute Gasteiger partial charge is 0.309 e. The summed E-state index contributed by atoms with van der Waals surface area (Å²) >= 11 is 0. The van der Waals surface area contributed by atoms with E-state index < -0.39 is 5.82 Å². The smallest absolute Gasteiger partial charge is 0.167 e. The van der Waals surface area contributed by atoms with Crippen LogP contribution < -0.4 is 0 Å². The normalized spacial score (nSPS) is 11.7. The minimum absolute atomic E-state index is 0.0481. The van der Waals surface area contributed by atoms with Gasteiger partial charge >= 0.3 is 0 Å². The Kier molecular flexibility index (Phi) is 5.57. The quantitative estimate of drug-likeness (QED) is 0.449. The first kappa shape index (κ1) is 15.2. The molecule has 0 unspecified atom stereocenters. The van der Waals surface area contributed by atoms with Crippen molar-refractivity contribution in [2.75, 3.05) is 20.6 Å². The Bertz CT molecular complexity index is 507. The summed E-state index contributed by atoms with van der Waals surface area (Å²) in [5, 5.41) is 0. The van der Waals surface area contributed by atoms with Crippen LogP contribution in [0.25, 0.3) is 6.08 Å². The van der Waals surface area contributed by atoms with Gasteiger partial charge in [0.2, 0.25) is 0 Å². The summed E-state index contributed by atoms with van der Waals surface area (Å²) in [4.78, 5) is 25.3. The monoisotopic (exact) mass is 263 g/mol. The summed E-state index contributed by atoms with van der Waals surface area (Å²) in [6, 6.07) is 6.07. The van der Waals surface area contributed by atoms with Crippen molar-refractivity contribution in [2.45, 2.75) is 13.3 Å². The van der Waals surface area contributed by atoms with Gasteiger partial charge in [-0.25, -0.2) is 4.39 Å². The third-order valence-electron chi connectivity index (χ3n) is 2.67. The highest BCUT2D eigenvalue weighted by atomic mass is 19.1. The molecule has 0 heterocycles. The highest BCUT2D eigenvalue weighted by Crippen LogP contribution is 2.14. The van der Waals surface area contributed by atoms with E-state index in [2.05, 4.69) is 0 Å². The lowest BCUT2D eigenvalue weighted by Gasteiger charge is -2.09. The first-order valence-corrected chi connectivity index (χ1v) is 6.07. The molecule has 0 bridgehead atoms. The summed E-state index contributed by atoms with van der Waals surface area (Å²) in [6.45, 7) is 1.88. The van der Waals surface area contributed by atoms with Crippen LogP contribution in [-0.2, 0) is 9.59 Å². The number of allylic oxidation sites excluding steroid dienone is 1. The van der Waals surface area contributed by atoms with Crippen LogP contribution in [0.5, 0.6) is 0 Å². The minimum Gasteiger partial charge on any atom is -0.309 e. The predicted molar refractivity (Wildman–Crippen MR) is 73.2 cm³/mol. The molecule has 0 aliphatic carbocycles. The molecule has 0 aliphatic rings. The van der Waals surface area contributed by atoms with E-state index in [4.69, 9.17) is 0 Å². The van der Waals surface area contributed by atoms with E-state index in [1.165, 1.54) is 25.1 Å². The van der Waals surface area contributed by atoms with Crippen LogP contribution in [0.4, 0.5) is 4.39 Å². The topological polar surface area (TPSA) is 37.4 Å². The third kappa shape index (κ3) is 4.75. The van der Waals surface area contributed by atoms with E-state index in [1.54, 1.807) is 12.1 Å². The van der Waals surface area contributed by atoms with E-state index >= 15 is 0 Å². The van der Waals surface area contributed by atoms with Gasteiger partial charge < -0.3 is 4.90 Å². The Hall–Kier alpha value is -1.81. The first-order valence-electron chi connectivity index (χ1n) is 6.07. The maximum Gasteiger partial charge on any atom is 0.167 e. The molecule has 0 amide bonds. The van der Waals surface area contributed by atoms with Crippen LogP contribution in [0.3, 0.4) is 0 Å². The second-order valence-corrected chi connectivity index (χ2v) is 4.61. The third-order valence-corrected chi connectivity index (χ3v) is 2.67. The molecular weight excluding hydrogens is 245 g/mol. The Morgan fingerprint density at radius 2 is 1.89 bits per heavy atom. The summed E-state index contributed by atoms with van der Waals surface area (Å²) in [6.07, 6.45) is 1.57. The zero-order valence-corrected chi connectivity index (χ0v) is 11.4. The molecule has 0 atom stereocenters. The second-order valence-electron chi connectivity index (χ2n) is 4.61. The van der Waals surface area contributed by atoms with Crippen LogP contribution in [-0.4, -0.2) is 37.1 Å². The van der Waals surface area contributed by atoms with E-state index in [0.717, 1.165) is 0 Å². The molecule has 102 valence electrons. The van der Waals surface area contributed by atoms with Crippen LogP contribution in [0, 0.1) is 5.82 Å². The molecule has 0 N–H and O–H groups in total. The number of hydrogen-bond acceptors (Lipinski definition) is 3. The summed E-state index contributed by atoms with van der Waals surface area (Å²) < 4.78 is 13.5. The Morgan fingerprint density at radius 1 is 1.26 bits per heavy atom. The molecule has 0 aromatic heterocycles.